The number of benzene rings is 2. The lowest BCUT2D eigenvalue weighted by atomic mass is 10.2. The number of amides is 1. The summed E-state index contributed by atoms with van der Waals surface area (Å²) in [5, 5.41) is 11.6. The minimum absolute atomic E-state index is 0.104. The van der Waals surface area contributed by atoms with E-state index in [9.17, 15) is 9.18 Å². The van der Waals surface area contributed by atoms with Crippen molar-refractivity contribution >= 4 is 27.5 Å². The number of anilines is 1. The third kappa shape index (κ3) is 5.05. The maximum atomic E-state index is 13.0. The summed E-state index contributed by atoms with van der Waals surface area (Å²) < 4.78 is 22.9. The number of aryl methyl sites for hydroxylation is 1. The van der Waals surface area contributed by atoms with Crippen molar-refractivity contribution in [1.82, 2.24) is 19.6 Å². The fourth-order valence-corrected chi connectivity index (χ4v) is 3.45. The molecule has 0 aliphatic heterocycles. The van der Waals surface area contributed by atoms with Gasteiger partial charge in [0.1, 0.15) is 11.6 Å². The van der Waals surface area contributed by atoms with Gasteiger partial charge in [-0.05, 0) is 77.8 Å². The van der Waals surface area contributed by atoms with Crippen molar-refractivity contribution in [3.05, 3.63) is 93.7 Å². The van der Waals surface area contributed by atoms with Gasteiger partial charge in [-0.2, -0.15) is 10.2 Å². The highest BCUT2D eigenvalue weighted by Crippen LogP contribution is 2.21. The smallest absolute Gasteiger partial charge is 0.276 e. The van der Waals surface area contributed by atoms with E-state index in [0.717, 1.165) is 21.4 Å². The molecule has 0 saturated carbocycles. The molecule has 0 aliphatic carbocycles. The quantitative estimate of drug-likeness (QED) is 0.392. The summed E-state index contributed by atoms with van der Waals surface area (Å²) in [5.41, 5.74) is 3.93. The zero-order valence-corrected chi connectivity index (χ0v) is 19.1. The SMILES string of the molecule is Cc1nn(Cc2cccc(NC(=O)c3ccn(COc4ccc(F)cc4)n3)c2)c(C)c1Br. The van der Waals surface area contributed by atoms with Crippen LogP contribution in [0, 0.1) is 19.7 Å². The number of rotatable bonds is 7. The molecule has 0 unspecified atom stereocenters. The first-order valence-electron chi connectivity index (χ1n) is 9.90. The van der Waals surface area contributed by atoms with E-state index in [-0.39, 0.29) is 24.1 Å². The molecule has 0 fully saturated rings. The number of carbonyl (C=O) groups excluding carboxylic acids is 1. The van der Waals surface area contributed by atoms with Crippen molar-refractivity contribution in [1.29, 1.82) is 0 Å². The van der Waals surface area contributed by atoms with Crippen LogP contribution < -0.4 is 10.1 Å². The van der Waals surface area contributed by atoms with Crippen LogP contribution in [0.5, 0.6) is 5.75 Å². The predicted octanol–water partition coefficient (Wildman–Crippen LogP) is 4.94. The van der Waals surface area contributed by atoms with E-state index in [1.165, 1.54) is 28.9 Å². The van der Waals surface area contributed by atoms with Crippen LogP contribution in [0.1, 0.15) is 27.4 Å². The zero-order valence-electron chi connectivity index (χ0n) is 17.5. The number of halogens is 2. The van der Waals surface area contributed by atoms with Gasteiger partial charge in [0.2, 0.25) is 0 Å². The molecule has 1 amide bonds. The Morgan fingerprint density at radius 2 is 1.91 bits per heavy atom. The minimum Gasteiger partial charge on any atom is -0.471 e. The molecule has 0 aliphatic rings. The normalized spacial score (nSPS) is 10.9. The van der Waals surface area contributed by atoms with Crippen LogP contribution in [-0.4, -0.2) is 25.5 Å². The summed E-state index contributed by atoms with van der Waals surface area (Å²) in [7, 11) is 0. The number of ether oxygens (including phenoxy) is 1. The Bertz CT molecular complexity index is 1250. The number of aromatic nitrogens is 4. The summed E-state index contributed by atoms with van der Waals surface area (Å²) in [4.78, 5) is 12.6. The Morgan fingerprint density at radius 3 is 2.62 bits per heavy atom. The summed E-state index contributed by atoms with van der Waals surface area (Å²) in [6.45, 7) is 4.66. The maximum absolute atomic E-state index is 13.0. The third-order valence-electron chi connectivity index (χ3n) is 4.86. The molecular formula is C23H21BrFN5O2. The number of nitrogens with zero attached hydrogens (tertiary/aromatic N) is 4. The number of carbonyl (C=O) groups is 1. The molecule has 2 aromatic heterocycles. The fourth-order valence-electron chi connectivity index (χ4n) is 3.17. The Labute approximate surface area is 192 Å². The van der Waals surface area contributed by atoms with Crippen LogP contribution in [0.2, 0.25) is 0 Å². The molecule has 2 heterocycles. The lowest BCUT2D eigenvalue weighted by Gasteiger charge is -2.08. The number of hydrogen-bond acceptors (Lipinski definition) is 4. The van der Waals surface area contributed by atoms with Crippen LogP contribution >= 0.6 is 15.9 Å². The second-order valence-electron chi connectivity index (χ2n) is 7.26. The van der Waals surface area contributed by atoms with Crippen molar-refractivity contribution in [2.24, 2.45) is 0 Å². The predicted molar refractivity (Wildman–Crippen MR) is 122 cm³/mol. The van der Waals surface area contributed by atoms with Crippen molar-refractivity contribution in [3.63, 3.8) is 0 Å². The highest BCUT2D eigenvalue weighted by Gasteiger charge is 2.12. The molecule has 4 rings (SSSR count). The molecule has 1 N–H and O–H groups in total. The van der Waals surface area contributed by atoms with Gasteiger partial charge in [-0.3, -0.25) is 9.48 Å². The molecule has 4 aromatic rings. The zero-order chi connectivity index (χ0) is 22.7. The van der Waals surface area contributed by atoms with Crippen molar-refractivity contribution in [3.8, 4) is 5.75 Å². The average molecular weight is 498 g/mol. The standard InChI is InChI=1S/C23H21BrFN5O2/c1-15-22(24)16(2)30(27-15)13-17-4-3-5-19(12-17)26-23(31)21-10-11-29(28-21)14-32-20-8-6-18(25)7-9-20/h3-12H,13-14H2,1-2H3,(H,26,31). The van der Waals surface area contributed by atoms with E-state index in [2.05, 4.69) is 31.4 Å². The lowest BCUT2D eigenvalue weighted by molar-refractivity contribution is 0.102. The van der Waals surface area contributed by atoms with Gasteiger partial charge in [0, 0.05) is 11.9 Å². The van der Waals surface area contributed by atoms with Crippen LogP contribution in [0.25, 0.3) is 0 Å². The highest BCUT2D eigenvalue weighted by atomic mass is 79.9. The lowest BCUT2D eigenvalue weighted by Crippen LogP contribution is -2.14. The molecule has 0 saturated heterocycles. The Balaban J connectivity index is 1.38. The maximum Gasteiger partial charge on any atom is 0.276 e. The summed E-state index contributed by atoms with van der Waals surface area (Å²) in [6, 6.07) is 14.9. The van der Waals surface area contributed by atoms with Gasteiger partial charge in [0.25, 0.3) is 5.91 Å². The first kappa shape index (κ1) is 21.8. The molecule has 9 heteroatoms. The van der Waals surface area contributed by atoms with Gasteiger partial charge in [0.05, 0.1) is 22.4 Å². The van der Waals surface area contributed by atoms with Crippen molar-refractivity contribution < 1.29 is 13.9 Å². The van der Waals surface area contributed by atoms with E-state index >= 15 is 0 Å². The third-order valence-corrected chi connectivity index (χ3v) is 6.01. The first-order valence-corrected chi connectivity index (χ1v) is 10.7. The summed E-state index contributed by atoms with van der Waals surface area (Å²) in [6.07, 6.45) is 1.65. The van der Waals surface area contributed by atoms with Crippen LogP contribution in [-0.2, 0) is 13.3 Å². The van der Waals surface area contributed by atoms with Gasteiger partial charge in [-0.1, -0.05) is 12.1 Å². The first-order chi connectivity index (χ1) is 15.4. The van der Waals surface area contributed by atoms with Crippen LogP contribution in [0.4, 0.5) is 10.1 Å². The Hall–Kier alpha value is -3.46. The molecular weight excluding hydrogens is 477 g/mol. The topological polar surface area (TPSA) is 74.0 Å². The van der Waals surface area contributed by atoms with Crippen LogP contribution in [0.3, 0.4) is 0 Å². The average Bonchev–Trinajstić information content (AvgIpc) is 3.35. The van der Waals surface area contributed by atoms with E-state index < -0.39 is 0 Å². The van der Waals surface area contributed by atoms with Crippen molar-refractivity contribution in [2.75, 3.05) is 5.32 Å². The molecule has 0 atom stereocenters. The number of nitrogens with one attached hydrogen (secondary N) is 1. The molecule has 2 aromatic carbocycles. The van der Waals surface area contributed by atoms with E-state index in [0.29, 0.717) is 18.0 Å². The molecule has 7 nitrogen and oxygen atoms in total. The fraction of sp³-hybridized carbons (Fsp3) is 0.174. The molecule has 0 radical (unpaired) electrons. The van der Waals surface area contributed by atoms with Gasteiger partial charge in [-0.25, -0.2) is 9.07 Å². The van der Waals surface area contributed by atoms with E-state index in [1.54, 1.807) is 12.3 Å². The largest absolute Gasteiger partial charge is 0.471 e. The van der Waals surface area contributed by atoms with E-state index in [4.69, 9.17) is 4.74 Å². The Kier molecular flexibility index (Phi) is 6.36. The van der Waals surface area contributed by atoms with Crippen molar-refractivity contribution in [2.45, 2.75) is 27.1 Å². The summed E-state index contributed by atoms with van der Waals surface area (Å²) in [5.74, 6) is -0.141. The molecule has 0 spiro atoms. The second-order valence-corrected chi connectivity index (χ2v) is 8.06. The molecule has 32 heavy (non-hydrogen) atoms. The number of hydrogen-bond donors (Lipinski definition) is 1. The monoisotopic (exact) mass is 497 g/mol. The van der Waals surface area contributed by atoms with Gasteiger partial charge < -0.3 is 10.1 Å². The highest BCUT2D eigenvalue weighted by molar-refractivity contribution is 9.10. The second kappa shape index (κ2) is 9.35. The summed E-state index contributed by atoms with van der Waals surface area (Å²) >= 11 is 3.54. The van der Waals surface area contributed by atoms with E-state index in [1.807, 2.05) is 42.8 Å². The van der Waals surface area contributed by atoms with Gasteiger partial charge in [-0.15, -0.1) is 0 Å². The van der Waals surface area contributed by atoms with Crippen LogP contribution in [0.15, 0.2) is 65.3 Å². The van der Waals surface area contributed by atoms with Gasteiger partial charge in [0.15, 0.2) is 12.4 Å². The van der Waals surface area contributed by atoms with Gasteiger partial charge >= 0.3 is 0 Å². The Morgan fingerprint density at radius 1 is 1.12 bits per heavy atom. The minimum atomic E-state index is -0.331. The molecule has 164 valence electrons. The molecule has 0 bridgehead atoms.